The Bertz CT molecular complexity index is 6290. The van der Waals surface area contributed by atoms with Crippen molar-refractivity contribution in [2.24, 2.45) is 28.2 Å². The molecule has 11 nitrogen and oxygen atoms in total. The average Bonchev–Trinajstić information content (AvgIpc) is 1.62. The van der Waals surface area contributed by atoms with Crippen LogP contribution >= 0.6 is 0 Å². The molecule has 0 bridgehead atoms. The Morgan fingerprint density at radius 2 is 0.567 bits per heavy atom. The Hall–Kier alpha value is -12.6. The molecule has 0 aliphatic carbocycles. The number of furan rings is 3. The predicted octanol–water partition coefficient (Wildman–Crippen LogP) is 24.4. The first-order chi connectivity index (χ1) is 50.4. The monoisotopic (exact) mass is 1360 g/mol. The largest absolute Gasteiger partial charge is 0.438 e. The van der Waals surface area contributed by atoms with Gasteiger partial charge in [-0.1, -0.05) is 169 Å². The van der Waals surface area contributed by atoms with Crippen LogP contribution in [0.5, 0.6) is 0 Å². The standard InChI is InChI=1S/3C14H13N.2C13H11NO.C13H11N.C12H10N2O/c1-10-6-5-8-12-11-7-3-4-9-13(11)15(2)14(10)12;1-10-7-8-14-12(9-10)11-5-3-4-6-13(11)15(14)2;1-10-7-8-12-11-5-3-4-6-13(11)15(2)14(12)9-10;2*1-8-3-5-10-11-6-4-9(2)14-13(11)15-12(10)7-8;1-14-12-8-4-2-6-10(12)11-7-3-5-9-13(11)14;1-7-3-4-9-10-6-13-8(2)14-12(10)15-11(9)5-7/h3*3-9H,1-2H3;2*3-7H,1-2H3;2-9H,1H3;3-6H,1-2H3. The Labute approximate surface area is 603 Å². The van der Waals surface area contributed by atoms with E-state index in [0.717, 1.165) is 77.7 Å². The minimum atomic E-state index is 0.670. The van der Waals surface area contributed by atoms with Crippen molar-refractivity contribution >= 4 is 153 Å². The topological polar surface area (TPSA) is 111 Å². The van der Waals surface area contributed by atoms with E-state index >= 15 is 0 Å². The number of hydrogen-bond donors (Lipinski definition) is 0. The van der Waals surface area contributed by atoms with Gasteiger partial charge >= 0.3 is 0 Å². The van der Waals surface area contributed by atoms with Gasteiger partial charge in [0.15, 0.2) is 0 Å². The fraction of sp³-hybridized carbons (Fsp3) is 0.140. The van der Waals surface area contributed by atoms with E-state index in [2.05, 4.69) is 325 Å². The van der Waals surface area contributed by atoms with Crippen LogP contribution < -0.4 is 0 Å². The molecule has 0 amide bonds. The number of aromatic nitrogens is 8. The summed E-state index contributed by atoms with van der Waals surface area (Å²) in [6.07, 6.45) is 1.82. The van der Waals surface area contributed by atoms with E-state index in [1.165, 1.54) is 121 Å². The highest BCUT2D eigenvalue weighted by Crippen LogP contribution is 2.35. The lowest BCUT2D eigenvalue weighted by molar-refractivity contribution is 0.650. The van der Waals surface area contributed by atoms with E-state index in [0.29, 0.717) is 5.71 Å². The molecule has 0 atom stereocenters. The summed E-state index contributed by atoms with van der Waals surface area (Å²) in [5.41, 5.74) is 24.9. The smallest absolute Gasteiger partial charge is 0.230 e. The summed E-state index contributed by atoms with van der Waals surface area (Å²) in [5, 5.41) is 17.3. The summed E-state index contributed by atoms with van der Waals surface area (Å²) < 4.78 is 26.1. The third-order valence-electron chi connectivity index (χ3n) is 19.9. The lowest BCUT2D eigenvalue weighted by Gasteiger charge is -2.00. The lowest BCUT2D eigenvalue weighted by Crippen LogP contribution is -1.88. The van der Waals surface area contributed by atoms with Gasteiger partial charge in [0, 0.05) is 154 Å². The first kappa shape index (κ1) is 67.2. The third kappa shape index (κ3) is 12.9. The molecule has 11 heteroatoms. The van der Waals surface area contributed by atoms with Crippen molar-refractivity contribution in [3.05, 3.63) is 312 Å². The summed E-state index contributed by atoms with van der Waals surface area (Å²) >= 11 is 0. The molecule has 0 unspecified atom stereocenters. The third-order valence-corrected chi connectivity index (χ3v) is 19.9. The minimum absolute atomic E-state index is 0.670. The lowest BCUT2D eigenvalue weighted by atomic mass is 10.1. The number of pyridine rings is 2. The van der Waals surface area contributed by atoms with E-state index in [9.17, 15) is 0 Å². The maximum absolute atomic E-state index is 5.70. The van der Waals surface area contributed by atoms with Crippen LogP contribution in [0.15, 0.2) is 274 Å². The van der Waals surface area contributed by atoms with Crippen LogP contribution in [0, 0.1) is 62.3 Å². The molecular formula is C93H82N8O3. The molecule has 0 fully saturated rings. The van der Waals surface area contributed by atoms with Crippen LogP contribution in [0.1, 0.15) is 50.6 Å². The van der Waals surface area contributed by atoms with Crippen molar-refractivity contribution < 1.29 is 13.3 Å². The Kier molecular flexibility index (Phi) is 18.2. The summed E-state index contributed by atoms with van der Waals surface area (Å²) in [6, 6.07) is 89.2. The Morgan fingerprint density at radius 3 is 1.04 bits per heavy atom. The number of aryl methyl sites for hydroxylation is 13. The summed E-state index contributed by atoms with van der Waals surface area (Å²) in [4.78, 5) is 17.2. The molecule has 21 aromatic rings. The molecule has 10 aromatic heterocycles. The van der Waals surface area contributed by atoms with Crippen molar-refractivity contribution in [3.63, 3.8) is 0 Å². The quantitative estimate of drug-likeness (QED) is 0.149. The molecule has 21 rings (SSSR count). The summed E-state index contributed by atoms with van der Waals surface area (Å²) in [7, 11) is 8.51. The normalized spacial score (nSPS) is 11.3. The molecule has 0 spiro atoms. The number of benzene rings is 11. The predicted molar refractivity (Wildman–Crippen MR) is 437 cm³/mol. The molecule has 104 heavy (non-hydrogen) atoms. The van der Waals surface area contributed by atoms with E-state index in [4.69, 9.17) is 13.3 Å². The van der Waals surface area contributed by atoms with Crippen molar-refractivity contribution in [2.45, 2.75) is 62.3 Å². The van der Waals surface area contributed by atoms with Crippen molar-refractivity contribution in [1.29, 1.82) is 0 Å². The van der Waals surface area contributed by atoms with E-state index in [1.54, 1.807) is 0 Å². The van der Waals surface area contributed by atoms with Crippen molar-refractivity contribution in [3.8, 4) is 0 Å². The second-order valence-electron chi connectivity index (χ2n) is 27.4. The van der Waals surface area contributed by atoms with E-state index < -0.39 is 0 Å². The first-order valence-corrected chi connectivity index (χ1v) is 35.3. The Balaban J connectivity index is 0.0000000976. The maximum atomic E-state index is 5.70. The molecule has 0 N–H and O–H groups in total. The average molecular weight is 1360 g/mol. The van der Waals surface area contributed by atoms with Gasteiger partial charge in [-0.05, 0) is 181 Å². The van der Waals surface area contributed by atoms with Crippen LogP contribution in [0.2, 0.25) is 0 Å². The number of fused-ring (bicyclic) bond motifs is 21. The minimum Gasteiger partial charge on any atom is -0.438 e. The molecule has 0 saturated carbocycles. The zero-order valence-electron chi connectivity index (χ0n) is 61.1. The van der Waals surface area contributed by atoms with Gasteiger partial charge in [0.05, 0.1) is 10.9 Å². The highest BCUT2D eigenvalue weighted by Gasteiger charge is 2.14. The van der Waals surface area contributed by atoms with Gasteiger partial charge in [-0.2, -0.15) is 4.98 Å². The van der Waals surface area contributed by atoms with Gasteiger partial charge in [-0.3, -0.25) is 0 Å². The molecule has 0 radical (unpaired) electrons. The number of nitrogens with zero attached hydrogens (tertiary/aromatic N) is 8. The van der Waals surface area contributed by atoms with Gasteiger partial charge in [0.1, 0.15) is 22.6 Å². The highest BCUT2D eigenvalue weighted by atomic mass is 16.3. The van der Waals surface area contributed by atoms with E-state index in [1.807, 2.05) is 64.2 Å². The molecular weight excluding hydrogens is 1280 g/mol. The van der Waals surface area contributed by atoms with Crippen LogP contribution in [-0.4, -0.2) is 38.2 Å². The molecule has 10 heterocycles. The van der Waals surface area contributed by atoms with E-state index in [-0.39, 0.29) is 0 Å². The van der Waals surface area contributed by atoms with Gasteiger partial charge in [0.2, 0.25) is 17.1 Å². The van der Waals surface area contributed by atoms with Gasteiger partial charge < -0.3 is 31.5 Å². The highest BCUT2D eigenvalue weighted by molar-refractivity contribution is 6.12. The second kappa shape index (κ2) is 28.1. The molecule has 11 aromatic carbocycles. The first-order valence-electron chi connectivity index (χ1n) is 35.3. The molecule has 512 valence electrons. The SMILES string of the molecule is Cc1ccc2c(c1)c1ccccc1n2C.Cc1ccc2c(c1)oc1nc(C)ccc12.Cc1ccc2c(c1)oc1nc(C)ccc12.Cc1ccc2c(c1)oc1nc(C)ncc12.Cc1ccc2c3ccccc3n(C)c2c1.Cc1cccc2c3ccccc3n(C)c12.Cn1c2ccccc2c2ccccc21. The molecule has 0 saturated heterocycles. The van der Waals surface area contributed by atoms with Crippen molar-refractivity contribution in [1.82, 2.24) is 38.2 Å². The van der Waals surface area contributed by atoms with Crippen LogP contribution in [0.25, 0.3) is 153 Å². The number of rotatable bonds is 0. The van der Waals surface area contributed by atoms with Gasteiger partial charge in [0.25, 0.3) is 0 Å². The van der Waals surface area contributed by atoms with Crippen LogP contribution in [0.4, 0.5) is 0 Å². The Morgan fingerprint density at radius 1 is 0.240 bits per heavy atom. The van der Waals surface area contributed by atoms with Gasteiger partial charge in [-0.15, -0.1) is 0 Å². The number of hydrogen-bond acceptors (Lipinski definition) is 7. The molecule has 0 aliphatic heterocycles. The zero-order valence-corrected chi connectivity index (χ0v) is 61.1. The summed E-state index contributed by atoms with van der Waals surface area (Å²) in [5.74, 6) is 0.735. The zero-order chi connectivity index (χ0) is 72.0. The summed E-state index contributed by atoms with van der Waals surface area (Å²) in [6.45, 7) is 18.4. The van der Waals surface area contributed by atoms with Crippen LogP contribution in [0.3, 0.4) is 0 Å². The van der Waals surface area contributed by atoms with Gasteiger partial charge in [-0.25, -0.2) is 15.0 Å². The van der Waals surface area contributed by atoms with Crippen LogP contribution in [-0.2, 0) is 28.2 Å². The fourth-order valence-corrected chi connectivity index (χ4v) is 14.6. The fourth-order valence-electron chi connectivity index (χ4n) is 14.6. The van der Waals surface area contributed by atoms with Crippen molar-refractivity contribution in [2.75, 3.05) is 0 Å². The maximum Gasteiger partial charge on any atom is 0.230 e. The number of para-hydroxylation sites is 6. The molecule has 0 aliphatic rings. The second-order valence-corrected chi connectivity index (χ2v) is 27.4.